The molecule has 92 valence electrons. The lowest BCUT2D eigenvalue weighted by Crippen LogP contribution is -2.17. The van der Waals surface area contributed by atoms with E-state index < -0.39 is 10.0 Å². The van der Waals surface area contributed by atoms with E-state index in [0.717, 1.165) is 12.2 Å². The van der Waals surface area contributed by atoms with Crippen molar-refractivity contribution in [3.05, 3.63) is 0 Å². The lowest BCUT2D eigenvalue weighted by molar-refractivity contribution is 0.597. The first-order chi connectivity index (χ1) is 7.57. The molecule has 0 amide bonds. The minimum absolute atomic E-state index is 0.112. The minimum atomic E-state index is -3.29. The van der Waals surface area contributed by atoms with Gasteiger partial charge >= 0.3 is 0 Å². The highest BCUT2D eigenvalue weighted by atomic mass is 32.2. The van der Waals surface area contributed by atoms with Gasteiger partial charge in [0.1, 0.15) is 0 Å². The van der Waals surface area contributed by atoms with Crippen molar-refractivity contribution in [2.45, 2.75) is 31.8 Å². The van der Waals surface area contributed by atoms with Gasteiger partial charge in [-0.2, -0.15) is 4.98 Å². The lowest BCUT2D eigenvalue weighted by Gasteiger charge is -2.02. The Balaban J connectivity index is 2.58. The summed E-state index contributed by atoms with van der Waals surface area (Å²) in [6, 6.07) is 0. The third-order valence-corrected chi connectivity index (χ3v) is 3.82. The molecule has 8 heteroatoms. The third kappa shape index (κ3) is 4.40. The van der Waals surface area contributed by atoms with Gasteiger partial charge in [-0.15, -0.1) is 5.10 Å². The molecule has 0 spiro atoms. The Bertz CT molecular complexity index is 415. The molecule has 0 unspecified atom stereocenters. The molecule has 2 N–H and O–H groups in total. The van der Waals surface area contributed by atoms with E-state index in [4.69, 9.17) is 0 Å². The number of sulfonamides is 1. The van der Waals surface area contributed by atoms with Crippen LogP contribution in [0.1, 0.15) is 26.7 Å². The fourth-order valence-corrected chi connectivity index (χ4v) is 2.70. The number of anilines is 1. The summed E-state index contributed by atoms with van der Waals surface area (Å²) in [5, 5.41) is 6.97. The summed E-state index contributed by atoms with van der Waals surface area (Å²) in [5.41, 5.74) is 0. The number of hydrogen-bond acceptors (Lipinski definition) is 5. The zero-order valence-corrected chi connectivity index (χ0v) is 11.0. The molecule has 0 saturated heterocycles. The van der Waals surface area contributed by atoms with Gasteiger partial charge in [0.25, 0.3) is 0 Å². The van der Waals surface area contributed by atoms with Crippen LogP contribution in [0.15, 0.2) is 5.16 Å². The van der Waals surface area contributed by atoms with Crippen molar-refractivity contribution in [2.75, 3.05) is 16.2 Å². The molecule has 0 saturated carbocycles. The molecule has 1 heterocycles. The predicted molar refractivity (Wildman–Crippen MR) is 65.1 cm³/mol. The topological polar surface area (TPSA) is 87.7 Å². The van der Waals surface area contributed by atoms with Gasteiger partial charge in [-0.1, -0.05) is 32.0 Å². The Morgan fingerprint density at radius 2 is 2.19 bits per heavy atom. The van der Waals surface area contributed by atoms with Gasteiger partial charge < -0.3 is 0 Å². The van der Waals surface area contributed by atoms with Gasteiger partial charge in [0.15, 0.2) is 0 Å². The lowest BCUT2D eigenvalue weighted by atomic mass is 10.4. The summed E-state index contributed by atoms with van der Waals surface area (Å²) in [7, 11) is -3.29. The summed E-state index contributed by atoms with van der Waals surface area (Å²) >= 11 is 1.45. The normalized spacial score (nSPS) is 11.6. The number of nitrogens with one attached hydrogen (secondary N) is 2. The van der Waals surface area contributed by atoms with Crippen LogP contribution in [0.25, 0.3) is 0 Å². The number of nitrogens with zero attached hydrogens (tertiary/aromatic N) is 2. The van der Waals surface area contributed by atoms with Gasteiger partial charge in [0.05, 0.1) is 5.75 Å². The van der Waals surface area contributed by atoms with E-state index >= 15 is 0 Å². The largest absolute Gasteiger partial charge is 0.252 e. The highest BCUT2D eigenvalue weighted by molar-refractivity contribution is 7.99. The van der Waals surface area contributed by atoms with Crippen molar-refractivity contribution in [1.29, 1.82) is 0 Å². The summed E-state index contributed by atoms with van der Waals surface area (Å²) in [6.07, 6.45) is 1.48. The van der Waals surface area contributed by atoms with Crippen molar-refractivity contribution in [3.8, 4) is 0 Å². The van der Waals surface area contributed by atoms with E-state index in [9.17, 15) is 8.42 Å². The highest BCUT2D eigenvalue weighted by Crippen LogP contribution is 2.13. The maximum Gasteiger partial charge on any atom is 0.235 e. The number of aromatic nitrogens is 3. The zero-order valence-electron chi connectivity index (χ0n) is 9.36. The molecule has 0 atom stereocenters. The van der Waals surface area contributed by atoms with Crippen LogP contribution in [-0.4, -0.2) is 35.1 Å². The van der Waals surface area contributed by atoms with Crippen molar-refractivity contribution < 1.29 is 8.42 Å². The van der Waals surface area contributed by atoms with Crippen LogP contribution in [-0.2, 0) is 10.0 Å². The molecule has 0 radical (unpaired) electrons. The average Bonchev–Trinajstić information content (AvgIpc) is 2.62. The van der Waals surface area contributed by atoms with Crippen LogP contribution in [0, 0.1) is 0 Å². The van der Waals surface area contributed by atoms with Crippen LogP contribution < -0.4 is 4.72 Å². The van der Waals surface area contributed by atoms with Gasteiger partial charge in [-0.25, -0.2) is 13.5 Å². The average molecular weight is 264 g/mol. The van der Waals surface area contributed by atoms with E-state index in [0.29, 0.717) is 11.6 Å². The van der Waals surface area contributed by atoms with E-state index in [1.54, 1.807) is 0 Å². The minimum Gasteiger partial charge on any atom is -0.252 e. The molecule has 0 fully saturated rings. The van der Waals surface area contributed by atoms with Crippen molar-refractivity contribution in [3.63, 3.8) is 0 Å². The fourth-order valence-electron chi connectivity index (χ4n) is 1.02. The van der Waals surface area contributed by atoms with Crippen LogP contribution in [0.4, 0.5) is 5.95 Å². The second-order valence-electron chi connectivity index (χ2n) is 3.17. The summed E-state index contributed by atoms with van der Waals surface area (Å²) in [5.74, 6) is 1.15. The zero-order chi connectivity index (χ0) is 12.0. The summed E-state index contributed by atoms with van der Waals surface area (Å²) in [4.78, 5) is 4.00. The molecular weight excluding hydrogens is 248 g/mol. The Morgan fingerprint density at radius 1 is 1.44 bits per heavy atom. The first-order valence-electron chi connectivity index (χ1n) is 5.13. The van der Waals surface area contributed by atoms with Gasteiger partial charge in [0, 0.05) is 0 Å². The van der Waals surface area contributed by atoms with E-state index in [1.807, 2.05) is 13.8 Å². The maximum atomic E-state index is 11.5. The molecule has 0 aromatic carbocycles. The molecule has 1 rings (SSSR count). The summed E-state index contributed by atoms with van der Waals surface area (Å²) < 4.78 is 25.4. The van der Waals surface area contributed by atoms with Crippen molar-refractivity contribution >= 4 is 27.7 Å². The van der Waals surface area contributed by atoms with Crippen LogP contribution >= 0.6 is 11.8 Å². The number of thioether (sulfide) groups is 1. The Hall–Kier alpha value is -0.760. The van der Waals surface area contributed by atoms with E-state index in [-0.39, 0.29) is 11.7 Å². The van der Waals surface area contributed by atoms with Crippen molar-refractivity contribution in [2.24, 2.45) is 0 Å². The fraction of sp³-hybridized carbons (Fsp3) is 0.750. The second-order valence-corrected chi connectivity index (χ2v) is 6.25. The molecule has 0 aliphatic heterocycles. The molecule has 6 nitrogen and oxygen atoms in total. The number of unbranched alkanes of at least 4 members (excludes halogenated alkanes) is 1. The first kappa shape index (κ1) is 13.3. The standard InChI is InChI=1S/C8H16N4O2S2/c1-3-5-6-16(13,14)12-7-9-8(11-10-7)15-4-2/h3-6H2,1-2H3,(H2,9,10,11,12). The van der Waals surface area contributed by atoms with Crippen molar-refractivity contribution in [1.82, 2.24) is 15.2 Å². The van der Waals surface area contributed by atoms with Gasteiger partial charge in [-0.05, 0) is 12.2 Å². The smallest absolute Gasteiger partial charge is 0.235 e. The second kappa shape index (κ2) is 6.09. The summed E-state index contributed by atoms with van der Waals surface area (Å²) in [6.45, 7) is 3.92. The first-order valence-corrected chi connectivity index (χ1v) is 7.77. The number of H-pyrrole nitrogens is 1. The molecule has 0 aliphatic rings. The Morgan fingerprint density at radius 3 is 2.81 bits per heavy atom. The van der Waals surface area contributed by atoms with Crippen LogP contribution in [0.5, 0.6) is 0 Å². The Labute approximate surface area is 99.7 Å². The quantitative estimate of drug-likeness (QED) is 0.728. The molecular formula is C8H16N4O2S2. The van der Waals surface area contributed by atoms with Crippen LogP contribution in [0.2, 0.25) is 0 Å². The van der Waals surface area contributed by atoms with E-state index in [1.165, 1.54) is 11.8 Å². The van der Waals surface area contributed by atoms with E-state index in [2.05, 4.69) is 19.9 Å². The SMILES string of the molecule is CCCCS(=O)(=O)Nc1nc(SCC)n[nH]1. The maximum absolute atomic E-state index is 11.5. The third-order valence-electron chi connectivity index (χ3n) is 1.76. The molecule has 0 aliphatic carbocycles. The number of hydrogen-bond donors (Lipinski definition) is 2. The van der Waals surface area contributed by atoms with Gasteiger partial charge in [-0.3, -0.25) is 4.72 Å². The molecule has 1 aromatic rings. The monoisotopic (exact) mass is 264 g/mol. The number of rotatable bonds is 7. The number of aromatic amines is 1. The predicted octanol–water partition coefficient (Wildman–Crippen LogP) is 1.46. The molecule has 1 aromatic heterocycles. The highest BCUT2D eigenvalue weighted by Gasteiger charge is 2.12. The molecule has 0 bridgehead atoms. The molecule has 16 heavy (non-hydrogen) atoms. The van der Waals surface area contributed by atoms with Crippen LogP contribution in [0.3, 0.4) is 0 Å². The van der Waals surface area contributed by atoms with Gasteiger partial charge in [0.2, 0.25) is 21.1 Å². The Kier molecular flexibility index (Phi) is 5.07.